The van der Waals surface area contributed by atoms with Gasteiger partial charge in [0.15, 0.2) is 0 Å². The van der Waals surface area contributed by atoms with Gasteiger partial charge in [0.25, 0.3) is 0 Å². The van der Waals surface area contributed by atoms with Crippen LogP contribution < -0.4 is 4.74 Å². The van der Waals surface area contributed by atoms with Gasteiger partial charge in [0.05, 0.1) is 6.61 Å². The molecule has 0 aliphatic carbocycles. The van der Waals surface area contributed by atoms with Crippen LogP contribution in [0.25, 0.3) is 0 Å². The molecule has 0 aromatic heterocycles. The lowest BCUT2D eigenvalue weighted by Crippen LogP contribution is -2.21. The van der Waals surface area contributed by atoms with E-state index in [1.807, 2.05) is 25.1 Å². The first-order valence-electron chi connectivity index (χ1n) is 4.81. The molecule has 4 heteroatoms. The number of hydrogen-bond donors (Lipinski definition) is 0. The Morgan fingerprint density at radius 1 is 1.53 bits per heavy atom. The highest BCUT2D eigenvalue weighted by molar-refractivity contribution is 5.40. The minimum Gasteiger partial charge on any atom is -0.487 e. The molecule has 15 heavy (non-hydrogen) atoms. The number of ether oxygens (including phenoxy) is 2. The van der Waals surface area contributed by atoms with Gasteiger partial charge in [-0.15, -0.1) is 0 Å². The highest BCUT2D eigenvalue weighted by Gasteiger charge is 2.23. The number of benzene rings is 1. The summed E-state index contributed by atoms with van der Waals surface area (Å²) >= 11 is 0. The summed E-state index contributed by atoms with van der Waals surface area (Å²) in [6, 6.07) is 5.82. The third-order valence-electron chi connectivity index (χ3n) is 2.37. The van der Waals surface area contributed by atoms with Gasteiger partial charge < -0.3 is 9.47 Å². The smallest absolute Gasteiger partial charge is 0.345 e. The predicted octanol–water partition coefficient (Wildman–Crippen LogP) is 2.54. The first-order chi connectivity index (χ1) is 7.15. The first kappa shape index (κ1) is 10.4. The summed E-state index contributed by atoms with van der Waals surface area (Å²) in [6.45, 7) is -0.798. The highest BCUT2D eigenvalue weighted by Crippen LogP contribution is 2.29. The van der Waals surface area contributed by atoms with Gasteiger partial charge in [-0.1, -0.05) is 17.7 Å². The topological polar surface area (TPSA) is 18.5 Å². The van der Waals surface area contributed by atoms with Crippen LogP contribution in [0.15, 0.2) is 18.2 Å². The van der Waals surface area contributed by atoms with Crippen LogP contribution in [-0.4, -0.2) is 19.3 Å². The molecule has 1 aromatic rings. The molecule has 1 aliphatic rings. The third-order valence-corrected chi connectivity index (χ3v) is 2.37. The summed E-state index contributed by atoms with van der Waals surface area (Å²) < 4.78 is 33.3. The Bertz CT molecular complexity index is 352. The van der Waals surface area contributed by atoms with Crippen molar-refractivity contribution >= 4 is 0 Å². The molecule has 0 radical (unpaired) electrons. The van der Waals surface area contributed by atoms with Crippen LogP contribution in [0, 0.1) is 6.92 Å². The number of halogens is 2. The fraction of sp³-hybridized carbons (Fsp3) is 0.455. The van der Waals surface area contributed by atoms with Crippen molar-refractivity contribution in [1.29, 1.82) is 0 Å². The number of aryl methyl sites for hydroxylation is 1. The minimum atomic E-state index is -2.72. The first-order valence-corrected chi connectivity index (χ1v) is 4.81. The van der Waals surface area contributed by atoms with Crippen LogP contribution in [0.3, 0.4) is 0 Å². The molecule has 0 fully saturated rings. The van der Waals surface area contributed by atoms with E-state index < -0.39 is 6.61 Å². The molecule has 0 spiro atoms. The number of alkyl halides is 2. The van der Waals surface area contributed by atoms with E-state index in [1.165, 1.54) is 0 Å². The van der Waals surface area contributed by atoms with E-state index in [-0.39, 0.29) is 12.7 Å². The van der Waals surface area contributed by atoms with Gasteiger partial charge in [0, 0.05) is 6.42 Å². The van der Waals surface area contributed by atoms with E-state index in [0.717, 1.165) is 16.9 Å². The summed E-state index contributed by atoms with van der Waals surface area (Å²) in [5, 5.41) is 0. The van der Waals surface area contributed by atoms with Gasteiger partial charge in [0.1, 0.15) is 11.9 Å². The number of fused-ring (bicyclic) bond motifs is 1. The molecule has 1 aromatic carbocycles. The van der Waals surface area contributed by atoms with Crippen molar-refractivity contribution in [1.82, 2.24) is 0 Å². The summed E-state index contributed by atoms with van der Waals surface area (Å²) in [4.78, 5) is 0. The highest BCUT2D eigenvalue weighted by atomic mass is 19.3. The second-order valence-corrected chi connectivity index (χ2v) is 3.65. The summed E-state index contributed by atoms with van der Waals surface area (Å²) in [5.74, 6) is 0.781. The monoisotopic (exact) mass is 214 g/mol. The fourth-order valence-corrected chi connectivity index (χ4v) is 1.72. The Hall–Kier alpha value is -1.16. The molecular weight excluding hydrogens is 202 g/mol. The van der Waals surface area contributed by atoms with Crippen LogP contribution in [0.2, 0.25) is 0 Å². The average molecular weight is 214 g/mol. The molecule has 0 saturated heterocycles. The molecular formula is C11H12F2O2. The Morgan fingerprint density at radius 3 is 3.07 bits per heavy atom. The SMILES string of the molecule is Cc1ccc2c(c1)CC(COC(F)F)O2. The van der Waals surface area contributed by atoms with E-state index in [4.69, 9.17) is 4.74 Å². The maximum atomic E-state index is 11.8. The van der Waals surface area contributed by atoms with Crippen LogP contribution in [0.5, 0.6) is 5.75 Å². The van der Waals surface area contributed by atoms with Gasteiger partial charge in [-0.3, -0.25) is 0 Å². The molecule has 1 unspecified atom stereocenters. The van der Waals surface area contributed by atoms with E-state index in [1.54, 1.807) is 0 Å². The molecule has 1 heterocycles. The van der Waals surface area contributed by atoms with Crippen LogP contribution in [-0.2, 0) is 11.2 Å². The third kappa shape index (κ3) is 2.45. The zero-order valence-electron chi connectivity index (χ0n) is 8.37. The normalized spacial score (nSPS) is 19.1. The van der Waals surface area contributed by atoms with Crippen molar-refractivity contribution < 1.29 is 18.3 Å². The maximum absolute atomic E-state index is 11.8. The van der Waals surface area contributed by atoms with Crippen molar-refractivity contribution in [2.45, 2.75) is 26.1 Å². The molecule has 2 nitrogen and oxygen atoms in total. The zero-order valence-corrected chi connectivity index (χ0v) is 8.37. The second-order valence-electron chi connectivity index (χ2n) is 3.65. The van der Waals surface area contributed by atoms with Crippen molar-refractivity contribution in [3.05, 3.63) is 29.3 Å². The average Bonchev–Trinajstić information content (AvgIpc) is 2.56. The van der Waals surface area contributed by atoms with E-state index in [0.29, 0.717) is 6.42 Å². The Labute approximate surface area is 86.8 Å². The predicted molar refractivity (Wildman–Crippen MR) is 51.3 cm³/mol. The Balaban J connectivity index is 1.97. The van der Waals surface area contributed by atoms with Crippen LogP contribution in [0.1, 0.15) is 11.1 Å². The molecule has 0 N–H and O–H groups in total. The lowest BCUT2D eigenvalue weighted by atomic mass is 10.1. The van der Waals surface area contributed by atoms with Crippen LogP contribution in [0.4, 0.5) is 8.78 Å². The molecule has 1 atom stereocenters. The molecule has 0 bridgehead atoms. The molecule has 82 valence electrons. The summed E-state index contributed by atoms with van der Waals surface area (Å²) in [7, 11) is 0. The maximum Gasteiger partial charge on any atom is 0.345 e. The second kappa shape index (κ2) is 4.14. The largest absolute Gasteiger partial charge is 0.487 e. The molecule has 1 aliphatic heterocycles. The van der Waals surface area contributed by atoms with Gasteiger partial charge >= 0.3 is 6.61 Å². The van der Waals surface area contributed by atoms with Gasteiger partial charge in [-0.2, -0.15) is 8.78 Å². The van der Waals surface area contributed by atoms with Crippen molar-refractivity contribution in [2.24, 2.45) is 0 Å². The van der Waals surface area contributed by atoms with Gasteiger partial charge in [-0.05, 0) is 18.6 Å². The lowest BCUT2D eigenvalue weighted by Gasteiger charge is -2.10. The van der Waals surface area contributed by atoms with Crippen molar-refractivity contribution in [2.75, 3.05) is 6.61 Å². The molecule has 0 saturated carbocycles. The van der Waals surface area contributed by atoms with Crippen molar-refractivity contribution in [3.8, 4) is 5.75 Å². The number of rotatable bonds is 3. The quantitative estimate of drug-likeness (QED) is 0.769. The van der Waals surface area contributed by atoms with Gasteiger partial charge in [-0.25, -0.2) is 0 Å². The number of hydrogen-bond acceptors (Lipinski definition) is 2. The van der Waals surface area contributed by atoms with Gasteiger partial charge in [0.2, 0.25) is 0 Å². The lowest BCUT2D eigenvalue weighted by molar-refractivity contribution is -0.142. The fourth-order valence-electron chi connectivity index (χ4n) is 1.72. The Kier molecular flexibility index (Phi) is 2.86. The molecule has 2 rings (SSSR count). The Morgan fingerprint density at radius 2 is 2.33 bits per heavy atom. The summed E-state index contributed by atoms with van der Waals surface area (Å²) in [5.41, 5.74) is 2.21. The van der Waals surface area contributed by atoms with E-state index in [9.17, 15) is 8.78 Å². The minimum absolute atomic E-state index is 0.0641. The van der Waals surface area contributed by atoms with Crippen LogP contribution >= 0.6 is 0 Å². The molecule has 0 amide bonds. The zero-order chi connectivity index (χ0) is 10.8. The summed E-state index contributed by atoms with van der Waals surface area (Å²) in [6.07, 6.45) is 0.361. The van der Waals surface area contributed by atoms with Crippen molar-refractivity contribution in [3.63, 3.8) is 0 Å². The van der Waals surface area contributed by atoms with E-state index >= 15 is 0 Å². The van der Waals surface area contributed by atoms with E-state index in [2.05, 4.69) is 4.74 Å². The standard InChI is InChI=1S/C11H12F2O2/c1-7-2-3-10-8(4-7)5-9(15-10)6-14-11(12)13/h2-4,9,11H,5-6H2,1H3.